The van der Waals surface area contributed by atoms with Crippen LogP contribution in [0.4, 0.5) is 20.2 Å². The van der Waals surface area contributed by atoms with E-state index in [2.05, 4.69) is 5.32 Å². The zero-order valence-electron chi connectivity index (χ0n) is 11.8. The first-order chi connectivity index (χ1) is 11.0. The lowest BCUT2D eigenvalue weighted by Gasteiger charge is -2.37. The van der Waals surface area contributed by atoms with Crippen molar-refractivity contribution >= 4 is 40.5 Å². The lowest BCUT2D eigenvalue weighted by Crippen LogP contribution is -2.51. The monoisotopic (exact) mass is 356 g/mol. The second-order valence-corrected chi connectivity index (χ2v) is 5.98. The highest BCUT2D eigenvalue weighted by Gasteiger charge is 2.39. The van der Waals surface area contributed by atoms with Gasteiger partial charge in [-0.05, 0) is 17.7 Å². The van der Waals surface area contributed by atoms with Gasteiger partial charge >= 0.3 is 0 Å². The van der Waals surface area contributed by atoms with Crippen molar-refractivity contribution in [3.05, 3.63) is 58.1 Å². The van der Waals surface area contributed by atoms with E-state index in [4.69, 9.17) is 23.2 Å². The maximum absolute atomic E-state index is 13.4. The number of amides is 1. The molecule has 2 aromatic rings. The summed E-state index contributed by atoms with van der Waals surface area (Å²) >= 11 is 12.0. The predicted molar refractivity (Wildman–Crippen MR) is 87.5 cm³/mol. The normalized spacial score (nSPS) is 17.2. The van der Waals surface area contributed by atoms with E-state index in [9.17, 15) is 13.6 Å². The van der Waals surface area contributed by atoms with Crippen molar-refractivity contribution in [3.8, 4) is 0 Å². The smallest absolute Gasteiger partial charge is 0.267 e. The quantitative estimate of drug-likeness (QED) is 0.872. The van der Waals surface area contributed by atoms with Crippen LogP contribution < -0.4 is 10.2 Å². The number of fused-ring (bicyclic) bond motifs is 1. The fraction of sp³-hybridized carbons (Fsp3) is 0.188. The summed E-state index contributed by atoms with van der Waals surface area (Å²) in [6.45, 7) is 0.161. The fourth-order valence-corrected chi connectivity index (χ4v) is 2.91. The summed E-state index contributed by atoms with van der Waals surface area (Å²) in [5.41, 5.74) is 1.61. The molecule has 0 fully saturated rings. The fourth-order valence-electron chi connectivity index (χ4n) is 2.59. The van der Waals surface area contributed by atoms with Gasteiger partial charge in [0.25, 0.3) is 12.3 Å². The van der Waals surface area contributed by atoms with Crippen LogP contribution in [0.25, 0.3) is 0 Å². The van der Waals surface area contributed by atoms with Gasteiger partial charge in [-0.1, -0.05) is 53.5 Å². The summed E-state index contributed by atoms with van der Waals surface area (Å²) in [4.78, 5) is 13.4. The molecule has 2 aromatic carbocycles. The largest absolute Gasteiger partial charge is 0.349 e. The lowest BCUT2D eigenvalue weighted by atomic mass is 10.1. The molecule has 7 heteroatoms. The Morgan fingerprint density at radius 1 is 1.13 bits per heavy atom. The molecule has 0 aromatic heterocycles. The Hall–Kier alpha value is -1.85. The summed E-state index contributed by atoms with van der Waals surface area (Å²) in [5.74, 6) is -0.762. The van der Waals surface area contributed by atoms with Gasteiger partial charge in [-0.15, -0.1) is 0 Å². The molecule has 0 aliphatic carbocycles. The van der Waals surface area contributed by atoms with Gasteiger partial charge in [-0.3, -0.25) is 4.79 Å². The van der Waals surface area contributed by atoms with Gasteiger partial charge in [-0.2, -0.15) is 0 Å². The highest BCUT2D eigenvalue weighted by atomic mass is 35.5. The van der Waals surface area contributed by atoms with Crippen LogP contribution in [0.15, 0.2) is 42.5 Å². The molecule has 1 amide bonds. The van der Waals surface area contributed by atoms with Crippen molar-refractivity contribution in [2.24, 2.45) is 0 Å². The molecular weight excluding hydrogens is 345 g/mol. The topological polar surface area (TPSA) is 32.3 Å². The van der Waals surface area contributed by atoms with Crippen LogP contribution in [0.3, 0.4) is 0 Å². The van der Waals surface area contributed by atoms with E-state index in [0.717, 1.165) is 5.56 Å². The Kier molecular flexibility index (Phi) is 4.41. The number of alkyl halides is 2. The summed E-state index contributed by atoms with van der Waals surface area (Å²) < 4.78 is 26.9. The van der Waals surface area contributed by atoms with Crippen molar-refractivity contribution in [1.29, 1.82) is 0 Å². The molecule has 23 heavy (non-hydrogen) atoms. The molecule has 1 aliphatic heterocycles. The standard InChI is InChI=1S/C16H12Cl2F2N2O/c17-10-6-12-13(7-11(10)18)22(8-9-4-2-1-3-5-9)14(15(19)20)16(23)21-12/h1-7,14-15H,8H2,(H,21,23). The SMILES string of the molecule is O=C1Nc2cc(Cl)c(Cl)cc2N(Cc2ccccc2)C1C(F)F. The van der Waals surface area contributed by atoms with Crippen LogP contribution in [-0.2, 0) is 11.3 Å². The van der Waals surface area contributed by atoms with E-state index in [1.54, 1.807) is 0 Å². The van der Waals surface area contributed by atoms with Crippen LogP contribution in [0.5, 0.6) is 0 Å². The molecule has 0 spiro atoms. The number of anilines is 2. The third-order valence-electron chi connectivity index (χ3n) is 3.64. The van der Waals surface area contributed by atoms with Crippen LogP contribution in [0, 0.1) is 0 Å². The summed E-state index contributed by atoms with van der Waals surface area (Å²) in [6, 6.07) is 10.5. The van der Waals surface area contributed by atoms with Crippen LogP contribution in [0.2, 0.25) is 10.0 Å². The molecule has 0 saturated carbocycles. The average Bonchev–Trinajstić information content (AvgIpc) is 2.50. The van der Waals surface area contributed by atoms with E-state index in [-0.39, 0.29) is 16.6 Å². The molecule has 0 radical (unpaired) electrons. The van der Waals surface area contributed by atoms with Gasteiger partial charge in [0.15, 0.2) is 6.04 Å². The minimum atomic E-state index is -2.83. The molecule has 0 bridgehead atoms. The van der Waals surface area contributed by atoms with Crippen LogP contribution in [-0.4, -0.2) is 18.4 Å². The molecule has 3 nitrogen and oxygen atoms in total. The molecule has 0 saturated heterocycles. The first kappa shape index (κ1) is 16.0. The molecule has 1 atom stereocenters. The summed E-state index contributed by atoms with van der Waals surface area (Å²) in [6.07, 6.45) is -2.83. The number of rotatable bonds is 3. The Bertz CT molecular complexity index is 740. The van der Waals surface area contributed by atoms with E-state index in [0.29, 0.717) is 11.4 Å². The van der Waals surface area contributed by atoms with Crippen molar-refractivity contribution in [2.45, 2.75) is 19.0 Å². The zero-order valence-corrected chi connectivity index (χ0v) is 13.3. The Balaban J connectivity index is 2.08. The molecule has 3 rings (SSSR count). The third-order valence-corrected chi connectivity index (χ3v) is 4.37. The first-order valence-corrected chi connectivity index (χ1v) is 7.61. The zero-order chi connectivity index (χ0) is 16.6. The Morgan fingerprint density at radius 3 is 2.43 bits per heavy atom. The number of nitrogens with zero attached hydrogens (tertiary/aromatic N) is 1. The number of carbonyl (C=O) groups excluding carboxylic acids is 1. The minimum absolute atomic E-state index is 0.161. The molecule has 120 valence electrons. The van der Waals surface area contributed by atoms with Crippen LogP contribution in [0.1, 0.15) is 5.56 Å². The van der Waals surface area contributed by atoms with Gasteiger partial charge in [0.05, 0.1) is 21.4 Å². The lowest BCUT2D eigenvalue weighted by molar-refractivity contribution is -0.120. The van der Waals surface area contributed by atoms with Gasteiger partial charge in [-0.25, -0.2) is 8.78 Å². The van der Waals surface area contributed by atoms with Gasteiger partial charge in [0.2, 0.25) is 0 Å². The molecule has 1 heterocycles. The highest BCUT2D eigenvalue weighted by Crippen LogP contribution is 2.40. The van der Waals surface area contributed by atoms with Gasteiger partial charge in [0, 0.05) is 6.54 Å². The highest BCUT2D eigenvalue weighted by molar-refractivity contribution is 6.42. The summed E-state index contributed by atoms with van der Waals surface area (Å²) in [7, 11) is 0. The van der Waals surface area contributed by atoms with E-state index in [1.807, 2.05) is 30.3 Å². The maximum Gasteiger partial charge on any atom is 0.267 e. The van der Waals surface area contributed by atoms with Gasteiger partial charge < -0.3 is 10.2 Å². The maximum atomic E-state index is 13.4. The molecule has 1 N–H and O–H groups in total. The summed E-state index contributed by atoms with van der Waals surface area (Å²) in [5, 5.41) is 2.97. The number of nitrogens with one attached hydrogen (secondary N) is 1. The number of halogens is 4. The van der Waals surface area contributed by atoms with Crippen molar-refractivity contribution in [2.75, 3.05) is 10.2 Å². The number of hydrogen-bond acceptors (Lipinski definition) is 2. The van der Waals surface area contributed by atoms with Crippen molar-refractivity contribution < 1.29 is 13.6 Å². The predicted octanol–water partition coefficient (Wildman–Crippen LogP) is 4.59. The Morgan fingerprint density at radius 2 is 1.78 bits per heavy atom. The minimum Gasteiger partial charge on any atom is -0.349 e. The van der Waals surface area contributed by atoms with E-state index in [1.165, 1.54) is 17.0 Å². The molecule has 1 unspecified atom stereocenters. The molecular formula is C16H12Cl2F2N2O. The third kappa shape index (κ3) is 3.12. The Labute approximate surface area is 141 Å². The van der Waals surface area contributed by atoms with E-state index >= 15 is 0 Å². The number of hydrogen-bond donors (Lipinski definition) is 1. The van der Waals surface area contributed by atoms with Crippen molar-refractivity contribution in [1.82, 2.24) is 0 Å². The first-order valence-electron chi connectivity index (χ1n) is 6.86. The average molecular weight is 357 g/mol. The number of benzene rings is 2. The molecule has 1 aliphatic rings. The van der Waals surface area contributed by atoms with Gasteiger partial charge in [0.1, 0.15) is 0 Å². The van der Waals surface area contributed by atoms with Crippen molar-refractivity contribution in [3.63, 3.8) is 0 Å². The second kappa shape index (κ2) is 6.34. The second-order valence-electron chi connectivity index (χ2n) is 5.17. The number of carbonyl (C=O) groups is 1. The van der Waals surface area contributed by atoms with Crippen LogP contribution >= 0.6 is 23.2 Å². The van der Waals surface area contributed by atoms with E-state index < -0.39 is 18.4 Å².